The summed E-state index contributed by atoms with van der Waals surface area (Å²) in [6.07, 6.45) is -1.36. The van der Waals surface area contributed by atoms with Gasteiger partial charge < -0.3 is 20.8 Å². The molecule has 2 amide bonds. The second-order valence-corrected chi connectivity index (χ2v) is 4.45. The Bertz CT molecular complexity index is 321. The normalized spacial score (nSPS) is 29.5. The SMILES string of the molecule is CC(C)C(=O)N1CCNC(O)C1(CO)C(N)=O. The summed E-state index contributed by atoms with van der Waals surface area (Å²) in [5.41, 5.74) is 3.46. The van der Waals surface area contributed by atoms with Crippen molar-refractivity contribution in [2.45, 2.75) is 25.6 Å². The molecule has 0 radical (unpaired) electrons. The maximum absolute atomic E-state index is 12.0. The van der Waals surface area contributed by atoms with E-state index < -0.39 is 24.3 Å². The minimum Gasteiger partial charge on any atom is -0.393 e. The summed E-state index contributed by atoms with van der Waals surface area (Å²) in [4.78, 5) is 24.7. The van der Waals surface area contributed by atoms with E-state index in [-0.39, 0.29) is 18.4 Å². The van der Waals surface area contributed by atoms with Crippen LogP contribution in [0.1, 0.15) is 13.8 Å². The molecule has 0 aliphatic carbocycles. The largest absolute Gasteiger partial charge is 0.393 e. The molecule has 1 fully saturated rings. The van der Waals surface area contributed by atoms with Crippen LogP contribution in [0.5, 0.6) is 0 Å². The van der Waals surface area contributed by atoms with Gasteiger partial charge in [-0.05, 0) is 0 Å². The van der Waals surface area contributed by atoms with Crippen LogP contribution < -0.4 is 11.1 Å². The standard InChI is InChI=1S/C10H19N3O4/c1-6(2)7(15)13-4-3-12-9(17)10(13,5-14)8(11)16/h6,9,12,14,17H,3-5H2,1-2H3,(H2,11,16). The van der Waals surface area contributed by atoms with Gasteiger partial charge in [0.15, 0.2) is 5.54 Å². The number of carbonyl (C=O) groups excluding carboxylic acids is 2. The third-order valence-corrected chi connectivity index (χ3v) is 3.03. The first-order chi connectivity index (χ1) is 7.87. The number of aliphatic hydroxyl groups excluding tert-OH is 2. The van der Waals surface area contributed by atoms with E-state index in [2.05, 4.69) is 5.32 Å². The van der Waals surface area contributed by atoms with Gasteiger partial charge in [0.1, 0.15) is 6.23 Å². The van der Waals surface area contributed by atoms with Gasteiger partial charge in [0.05, 0.1) is 6.61 Å². The molecular weight excluding hydrogens is 226 g/mol. The highest BCUT2D eigenvalue weighted by Gasteiger charge is 2.53. The van der Waals surface area contributed by atoms with Crippen LogP contribution in [0, 0.1) is 5.92 Å². The summed E-state index contributed by atoms with van der Waals surface area (Å²) in [5, 5.41) is 21.8. The van der Waals surface area contributed by atoms with E-state index in [0.717, 1.165) is 0 Å². The molecule has 5 N–H and O–H groups in total. The predicted octanol–water partition coefficient (Wildman–Crippen LogP) is -2.39. The molecule has 0 aromatic rings. The van der Waals surface area contributed by atoms with Crippen LogP contribution in [0.2, 0.25) is 0 Å². The van der Waals surface area contributed by atoms with Gasteiger partial charge in [0.2, 0.25) is 11.8 Å². The predicted molar refractivity (Wildman–Crippen MR) is 59.6 cm³/mol. The number of rotatable bonds is 3. The van der Waals surface area contributed by atoms with Crippen LogP contribution in [-0.4, -0.2) is 58.4 Å². The van der Waals surface area contributed by atoms with Gasteiger partial charge in [-0.3, -0.25) is 14.9 Å². The molecule has 0 spiro atoms. The van der Waals surface area contributed by atoms with E-state index >= 15 is 0 Å². The Balaban J connectivity index is 3.15. The highest BCUT2D eigenvalue weighted by atomic mass is 16.3. The minimum absolute atomic E-state index is 0.220. The third kappa shape index (κ3) is 2.13. The van der Waals surface area contributed by atoms with E-state index in [1.54, 1.807) is 13.8 Å². The molecule has 0 saturated carbocycles. The van der Waals surface area contributed by atoms with Crippen molar-refractivity contribution in [1.82, 2.24) is 10.2 Å². The van der Waals surface area contributed by atoms with Crippen molar-refractivity contribution in [3.63, 3.8) is 0 Å². The number of aliphatic hydroxyl groups is 2. The second-order valence-electron chi connectivity index (χ2n) is 4.45. The number of nitrogens with one attached hydrogen (secondary N) is 1. The molecule has 1 rings (SSSR count). The fourth-order valence-corrected chi connectivity index (χ4v) is 1.97. The molecule has 1 heterocycles. The summed E-state index contributed by atoms with van der Waals surface area (Å²) in [6, 6.07) is 0. The summed E-state index contributed by atoms with van der Waals surface area (Å²) < 4.78 is 0. The minimum atomic E-state index is -1.78. The van der Waals surface area contributed by atoms with Crippen molar-refractivity contribution >= 4 is 11.8 Å². The fraction of sp³-hybridized carbons (Fsp3) is 0.800. The number of primary amides is 1. The van der Waals surface area contributed by atoms with Crippen molar-refractivity contribution in [1.29, 1.82) is 0 Å². The number of nitrogens with two attached hydrogens (primary N) is 1. The summed E-state index contributed by atoms with van der Waals surface area (Å²) in [7, 11) is 0. The maximum atomic E-state index is 12.0. The molecule has 7 heteroatoms. The van der Waals surface area contributed by atoms with Crippen LogP contribution in [0.3, 0.4) is 0 Å². The molecule has 1 aliphatic heterocycles. The van der Waals surface area contributed by atoms with Gasteiger partial charge in [-0.2, -0.15) is 0 Å². The van der Waals surface area contributed by atoms with E-state index in [1.807, 2.05) is 0 Å². The first kappa shape index (κ1) is 13.9. The molecule has 0 aromatic carbocycles. The van der Waals surface area contributed by atoms with Crippen molar-refractivity contribution in [2.75, 3.05) is 19.7 Å². The molecule has 2 unspecified atom stereocenters. The topological polar surface area (TPSA) is 116 Å². The molecule has 1 saturated heterocycles. The number of amides is 2. The van der Waals surface area contributed by atoms with E-state index in [0.29, 0.717) is 6.54 Å². The molecule has 2 atom stereocenters. The Morgan fingerprint density at radius 2 is 2.18 bits per heavy atom. The highest BCUT2D eigenvalue weighted by molar-refractivity contribution is 5.92. The van der Waals surface area contributed by atoms with Crippen LogP contribution in [0.25, 0.3) is 0 Å². The monoisotopic (exact) mass is 245 g/mol. The molecule has 7 nitrogen and oxygen atoms in total. The lowest BCUT2D eigenvalue weighted by molar-refractivity contribution is -0.168. The Hall–Kier alpha value is -1.18. The van der Waals surface area contributed by atoms with Crippen LogP contribution in [0.15, 0.2) is 0 Å². The van der Waals surface area contributed by atoms with Gasteiger partial charge >= 0.3 is 0 Å². The van der Waals surface area contributed by atoms with Gasteiger partial charge in [0, 0.05) is 19.0 Å². The molecule has 98 valence electrons. The van der Waals surface area contributed by atoms with Crippen molar-refractivity contribution in [2.24, 2.45) is 11.7 Å². The Kier molecular flexibility index (Phi) is 4.07. The maximum Gasteiger partial charge on any atom is 0.249 e. The van der Waals surface area contributed by atoms with Crippen molar-refractivity contribution in [3.8, 4) is 0 Å². The Morgan fingerprint density at radius 1 is 1.59 bits per heavy atom. The van der Waals surface area contributed by atoms with Crippen LogP contribution in [-0.2, 0) is 9.59 Å². The molecule has 0 bridgehead atoms. The summed E-state index contributed by atoms with van der Waals surface area (Å²) >= 11 is 0. The van der Waals surface area contributed by atoms with Crippen molar-refractivity contribution < 1.29 is 19.8 Å². The zero-order valence-corrected chi connectivity index (χ0v) is 10.0. The van der Waals surface area contributed by atoms with Crippen LogP contribution >= 0.6 is 0 Å². The molecular formula is C10H19N3O4. The number of carbonyl (C=O) groups is 2. The van der Waals surface area contributed by atoms with Gasteiger partial charge in [-0.15, -0.1) is 0 Å². The molecule has 17 heavy (non-hydrogen) atoms. The lowest BCUT2D eigenvalue weighted by Crippen LogP contribution is -2.75. The number of nitrogens with zero attached hydrogens (tertiary/aromatic N) is 1. The first-order valence-corrected chi connectivity index (χ1v) is 5.51. The lowest BCUT2D eigenvalue weighted by Gasteiger charge is -2.47. The van der Waals surface area contributed by atoms with Gasteiger partial charge in [0.25, 0.3) is 0 Å². The van der Waals surface area contributed by atoms with E-state index in [9.17, 15) is 19.8 Å². The van der Waals surface area contributed by atoms with Gasteiger partial charge in [-0.25, -0.2) is 0 Å². The zero-order valence-electron chi connectivity index (χ0n) is 10.0. The Morgan fingerprint density at radius 3 is 2.59 bits per heavy atom. The second kappa shape index (κ2) is 4.99. The highest BCUT2D eigenvalue weighted by Crippen LogP contribution is 2.23. The molecule has 0 aromatic heterocycles. The van der Waals surface area contributed by atoms with E-state index in [4.69, 9.17) is 5.73 Å². The number of hydrogen-bond donors (Lipinski definition) is 4. The number of hydrogen-bond acceptors (Lipinski definition) is 5. The van der Waals surface area contributed by atoms with Crippen LogP contribution in [0.4, 0.5) is 0 Å². The fourth-order valence-electron chi connectivity index (χ4n) is 1.97. The Labute approximate surface area is 99.6 Å². The first-order valence-electron chi connectivity index (χ1n) is 5.51. The van der Waals surface area contributed by atoms with E-state index in [1.165, 1.54) is 4.90 Å². The zero-order chi connectivity index (χ0) is 13.2. The smallest absolute Gasteiger partial charge is 0.249 e. The summed E-state index contributed by atoms with van der Waals surface area (Å²) in [5.74, 6) is -1.59. The molecule has 1 aliphatic rings. The average Bonchev–Trinajstić information content (AvgIpc) is 2.27. The lowest BCUT2D eigenvalue weighted by atomic mass is 9.91. The van der Waals surface area contributed by atoms with Crippen molar-refractivity contribution in [3.05, 3.63) is 0 Å². The van der Waals surface area contributed by atoms with Gasteiger partial charge in [-0.1, -0.05) is 13.8 Å². The third-order valence-electron chi connectivity index (χ3n) is 3.03. The quantitative estimate of drug-likeness (QED) is 0.443. The average molecular weight is 245 g/mol. The number of piperazine rings is 1. The summed E-state index contributed by atoms with van der Waals surface area (Å²) in [6.45, 7) is 3.21.